The molecule has 0 aromatic carbocycles. The number of fused-ring (bicyclic) bond motifs is 1. The zero-order chi connectivity index (χ0) is 15.6. The number of imide groups is 1. The maximum Gasteiger partial charge on any atom is 0.303 e. The predicted molar refractivity (Wildman–Crippen MR) is 77.4 cm³/mol. The van der Waals surface area contributed by atoms with Gasteiger partial charge in [0.1, 0.15) is 0 Å². The van der Waals surface area contributed by atoms with Crippen molar-refractivity contribution in [3.05, 3.63) is 0 Å². The number of likely N-dealkylation sites (tertiary alicyclic amines) is 1. The van der Waals surface area contributed by atoms with Gasteiger partial charge in [-0.25, -0.2) is 0 Å². The third-order valence-electron chi connectivity index (χ3n) is 4.64. The quantitative estimate of drug-likeness (QED) is 0.763. The van der Waals surface area contributed by atoms with Crippen LogP contribution in [-0.4, -0.2) is 34.3 Å². The molecule has 1 aliphatic heterocycles. The molecule has 1 N–H and O–H groups in total. The summed E-state index contributed by atoms with van der Waals surface area (Å²) in [6, 6.07) is 0. The van der Waals surface area contributed by atoms with Crippen LogP contribution < -0.4 is 0 Å². The van der Waals surface area contributed by atoms with Gasteiger partial charge >= 0.3 is 5.97 Å². The van der Waals surface area contributed by atoms with E-state index in [4.69, 9.17) is 5.11 Å². The maximum atomic E-state index is 12.4. The Kier molecular flexibility index (Phi) is 5.01. The molecule has 1 saturated carbocycles. The number of amides is 2. The Morgan fingerprint density at radius 1 is 1.19 bits per heavy atom. The standard InChI is InChI=1S/C16H25NO4/c1-10(2)7-11(8-14(18)19)9-17-15(20)12-5-3-4-6-13(12)16(17)21/h10-13H,3-9H2,1-2H3,(H,18,19). The second-order valence-electron chi connectivity index (χ2n) is 6.88. The van der Waals surface area contributed by atoms with Crippen LogP contribution in [0.25, 0.3) is 0 Å². The highest BCUT2D eigenvalue weighted by atomic mass is 16.4. The lowest BCUT2D eigenvalue weighted by atomic mass is 9.81. The topological polar surface area (TPSA) is 74.7 Å². The fourth-order valence-corrected chi connectivity index (χ4v) is 3.81. The predicted octanol–water partition coefficient (Wildman–Crippen LogP) is 2.30. The number of carbonyl (C=O) groups excluding carboxylic acids is 2. The lowest BCUT2D eigenvalue weighted by Crippen LogP contribution is -2.36. The molecule has 5 nitrogen and oxygen atoms in total. The first-order valence-electron chi connectivity index (χ1n) is 7.97. The van der Waals surface area contributed by atoms with Crippen LogP contribution in [0.4, 0.5) is 0 Å². The molecule has 118 valence electrons. The molecule has 5 heteroatoms. The van der Waals surface area contributed by atoms with Crippen molar-refractivity contribution in [2.75, 3.05) is 6.54 Å². The van der Waals surface area contributed by atoms with Crippen LogP contribution in [0.1, 0.15) is 52.4 Å². The fourth-order valence-electron chi connectivity index (χ4n) is 3.81. The van der Waals surface area contributed by atoms with Crippen LogP contribution in [0.15, 0.2) is 0 Å². The molecule has 1 saturated heterocycles. The van der Waals surface area contributed by atoms with Gasteiger partial charge in [0.15, 0.2) is 0 Å². The number of carboxylic acids is 1. The van der Waals surface area contributed by atoms with E-state index >= 15 is 0 Å². The summed E-state index contributed by atoms with van der Waals surface area (Å²) in [4.78, 5) is 37.2. The average molecular weight is 295 g/mol. The third kappa shape index (κ3) is 3.63. The van der Waals surface area contributed by atoms with Crippen LogP contribution in [0, 0.1) is 23.7 Å². The van der Waals surface area contributed by atoms with Gasteiger partial charge in [-0.05, 0) is 31.1 Å². The number of nitrogens with zero attached hydrogens (tertiary/aromatic N) is 1. The molecular weight excluding hydrogens is 270 g/mol. The van der Waals surface area contributed by atoms with Gasteiger partial charge in [0, 0.05) is 13.0 Å². The van der Waals surface area contributed by atoms with Gasteiger partial charge in [0.25, 0.3) is 0 Å². The Morgan fingerprint density at radius 3 is 2.14 bits per heavy atom. The van der Waals surface area contributed by atoms with Crippen molar-refractivity contribution in [3.8, 4) is 0 Å². The molecule has 0 spiro atoms. The van der Waals surface area contributed by atoms with E-state index in [9.17, 15) is 14.4 Å². The van der Waals surface area contributed by atoms with Crippen LogP contribution in [-0.2, 0) is 14.4 Å². The zero-order valence-electron chi connectivity index (χ0n) is 12.9. The summed E-state index contributed by atoms with van der Waals surface area (Å²) in [7, 11) is 0. The summed E-state index contributed by atoms with van der Waals surface area (Å²) < 4.78 is 0. The van der Waals surface area contributed by atoms with Crippen LogP contribution in [0.2, 0.25) is 0 Å². The molecule has 1 aliphatic carbocycles. The van der Waals surface area contributed by atoms with Crippen molar-refractivity contribution in [3.63, 3.8) is 0 Å². The fraction of sp³-hybridized carbons (Fsp3) is 0.812. The molecular formula is C16H25NO4. The second kappa shape index (κ2) is 6.58. The highest BCUT2D eigenvalue weighted by molar-refractivity contribution is 6.05. The Bertz CT molecular complexity index is 408. The molecule has 0 radical (unpaired) electrons. The van der Waals surface area contributed by atoms with Gasteiger partial charge in [-0.1, -0.05) is 26.7 Å². The Hall–Kier alpha value is -1.39. The van der Waals surface area contributed by atoms with E-state index < -0.39 is 5.97 Å². The summed E-state index contributed by atoms with van der Waals surface area (Å²) >= 11 is 0. The lowest BCUT2D eigenvalue weighted by molar-refractivity contribution is -0.144. The van der Waals surface area contributed by atoms with Crippen molar-refractivity contribution in [2.45, 2.75) is 52.4 Å². The van der Waals surface area contributed by atoms with Crippen molar-refractivity contribution >= 4 is 17.8 Å². The van der Waals surface area contributed by atoms with E-state index in [1.165, 1.54) is 4.90 Å². The van der Waals surface area contributed by atoms with E-state index in [1.807, 2.05) is 13.8 Å². The Labute approximate surface area is 125 Å². The smallest absolute Gasteiger partial charge is 0.303 e. The first kappa shape index (κ1) is 16.0. The summed E-state index contributed by atoms with van der Waals surface area (Å²) in [6.45, 7) is 4.33. The summed E-state index contributed by atoms with van der Waals surface area (Å²) in [5.74, 6) is -1.07. The first-order valence-corrected chi connectivity index (χ1v) is 7.97. The monoisotopic (exact) mass is 295 g/mol. The van der Waals surface area contributed by atoms with Gasteiger partial charge in [-0.2, -0.15) is 0 Å². The van der Waals surface area contributed by atoms with Gasteiger partial charge < -0.3 is 5.11 Å². The molecule has 21 heavy (non-hydrogen) atoms. The van der Waals surface area contributed by atoms with E-state index in [0.717, 1.165) is 32.1 Å². The minimum atomic E-state index is -0.864. The molecule has 0 aromatic rings. The average Bonchev–Trinajstić information content (AvgIpc) is 2.63. The SMILES string of the molecule is CC(C)CC(CC(=O)O)CN1C(=O)C2CCCCC2C1=O. The van der Waals surface area contributed by atoms with Gasteiger partial charge in [-0.15, -0.1) is 0 Å². The largest absolute Gasteiger partial charge is 0.481 e. The molecule has 0 aromatic heterocycles. The molecule has 3 atom stereocenters. The Morgan fingerprint density at radius 2 is 1.71 bits per heavy atom. The number of hydrogen-bond acceptors (Lipinski definition) is 3. The van der Waals surface area contributed by atoms with Gasteiger partial charge in [-0.3, -0.25) is 19.3 Å². The second-order valence-corrected chi connectivity index (χ2v) is 6.88. The highest BCUT2D eigenvalue weighted by Crippen LogP contribution is 2.38. The molecule has 3 unspecified atom stereocenters. The zero-order valence-corrected chi connectivity index (χ0v) is 12.9. The highest BCUT2D eigenvalue weighted by Gasteiger charge is 2.48. The molecule has 2 amide bonds. The number of carbonyl (C=O) groups is 3. The van der Waals surface area contributed by atoms with Crippen LogP contribution in [0.3, 0.4) is 0 Å². The summed E-state index contributed by atoms with van der Waals surface area (Å²) in [5, 5.41) is 9.02. The van der Waals surface area contributed by atoms with Crippen molar-refractivity contribution in [1.29, 1.82) is 0 Å². The third-order valence-corrected chi connectivity index (χ3v) is 4.64. The minimum absolute atomic E-state index is 0.0184. The van der Waals surface area contributed by atoms with Gasteiger partial charge in [0.05, 0.1) is 11.8 Å². The van der Waals surface area contributed by atoms with E-state index in [-0.39, 0.29) is 42.5 Å². The normalized spacial score (nSPS) is 27.1. The van der Waals surface area contributed by atoms with E-state index in [2.05, 4.69) is 0 Å². The van der Waals surface area contributed by atoms with Crippen molar-refractivity contribution in [2.24, 2.45) is 23.7 Å². The van der Waals surface area contributed by atoms with Crippen LogP contribution in [0.5, 0.6) is 0 Å². The number of rotatable bonds is 6. The Balaban J connectivity index is 2.06. The van der Waals surface area contributed by atoms with E-state index in [1.54, 1.807) is 0 Å². The number of hydrogen-bond donors (Lipinski definition) is 1. The van der Waals surface area contributed by atoms with E-state index in [0.29, 0.717) is 5.92 Å². The molecule has 2 fully saturated rings. The molecule has 0 bridgehead atoms. The first-order chi connectivity index (χ1) is 9.90. The van der Waals surface area contributed by atoms with Crippen LogP contribution >= 0.6 is 0 Å². The minimum Gasteiger partial charge on any atom is -0.481 e. The van der Waals surface area contributed by atoms with Gasteiger partial charge in [0.2, 0.25) is 11.8 Å². The molecule has 2 rings (SSSR count). The molecule has 2 aliphatic rings. The van der Waals surface area contributed by atoms with Crippen molar-refractivity contribution in [1.82, 2.24) is 4.90 Å². The maximum absolute atomic E-state index is 12.4. The lowest BCUT2D eigenvalue weighted by Gasteiger charge is -2.23. The molecule has 1 heterocycles. The van der Waals surface area contributed by atoms with Crippen molar-refractivity contribution < 1.29 is 19.5 Å². The summed E-state index contributed by atoms with van der Waals surface area (Å²) in [5.41, 5.74) is 0. The number of aliphatic carboxylic acids is 1. The summed E-state index contributed by atoms with van der Waals surface area (Å²) in [6.07, 6.45) is 4.37. The number of carboxylic acid groups (broad SMARTS) is 1.